The summed E-state index contributed by atoms with van der Waals surface area (Å²) in [6.45, 7) is 4.92. The maximum absolute atomic E-state index is 11.4. The van der Waals surface area contributed by atoms with Gasteiger partial charge in [-0.25, -0.2) is 4.79 Å². The van der Waals surface area contributed by atoms with Gasteiger partial charge in [-0.15, -0.1) is 0 Å². The van der Waals surface area contributed by atoms with Crippen molar-refractivity contribution in [1.82, 2.24) is 10.6 Å². The third-order valence-corrected chi connectivity index (χ3v) is 2.34. The fourth-order valence-corrected chi connectivity index (χ4v) is 1.38. The first kappa shape index (κ1) is 28.1. The van der Waals surface area contributed by atoms with Crippen LogP contribution in [-0.2, 0) is 24.0 Å². The standard InChI is InChI=1S/C11H19N3O6.C2H4O2.C2H6/c12-4-2-1-3-7(11(19)20)14-9(16)5-8(15)13-6-10(17)18;1-2(3)4;1-2/h7H,1-6,12H2,(H,13,15)(H,14,16)(H,17,18)(H,19,20);1H3,(H,3,4);1-2H3. The van der Waals surface area contributed by atoms with E-state index in [1.807, 2.05) is 19.2 Å². The highest BCUT2D eigenvalue weighted by molar-refractivity contribution is 5.98. The van der Waals surface area contributed by atoms with Crippen LogP contribution in [0.4, 0.5) is 0 Å². The summed E-state index contributed by atoms with van der Waals surface area (Å²) in [5.74, 6) is -4.81. The number of nitrogens with two attached hydrogens (primary N) is 1. The summed E-state index contributed by atoms with van der Waals surface area (Å²) in [6, 6.07) is -1.08. The zero-order valence-electron chi connectivity index (χ0n) is 15.3. The molecule has 11 heteroatoms. The predicted molar refractivity (Wildman–Crippen MR) is 92.4 cm³/mol. The van der Waals surface area contributed by atoms with Crippen LogP contribution < -0.4 is 16.4 Å². The monoisotopic (exact) mass is 379 g/mol. The Labute approximate surface area is 151 Å². The molecule has 152 valence electrons. The highest BCUT2D eigenvalue weighted by Gasteiger charge is 2.20. The average Bonchev–Trinajstić information content (AvgIpc) is 2.53. The first-order chi connectivity index (χ1) is 12.1. The van der Waals surface area contributed by atoms with Crippen molar-refractivity contribution in [3.05, 3.63) is 0 Å². The maximum Gasteiger partial charge on any atom is 0.326 e. The fourth-order valence-electron chi connectivity index (χ4n) is 1.38. The molecule has 0 fully saturated rings. The number of unbranched alkanes of at least 4 members (excludes halogenated alkanes) is 1. The summed E-state index contributed by atoms with van der Waals surface area (Å²) in [6.07, 6.45) is 0.778. The van der Waals surface area contributed by atoms with Crippen LogP contribution in [0.1, 0.15) is 46.5 Å². The Morgan fingerprint density at radius 1 is 0.962 bits per heavy atom. The molecule has 0 aliphatic rings. The zero-order chi connectivity index (χ0) is 21.1. The number of rotatable bonds is 10. The normalized spacial score (nSPS) is 10.0. The topological polar surface area (TPSA) is 196 Å². The fraction of sp³-hybridized carbons (Fsp3) is 0.667. The lowest BCUT2D eigenvalue weighted by atomic mass is 10.1. The van der Waals surface area contributed by atoms with Crippen molar-refractivity contribution >= 4 is 29.7 Å². The van der Waals surface area contributed by atoms with E-state index in [2.05, 4.69) is 5.32 Å². The molecule has 7 N–H and O–H groups in total. The molecule has 0 radical (unpaired) electrons. The summed E-state index contributed by atoms with van der Waals surface area (Å²) in [7, 11) is 0. The van der Waals surface area contributed by atoms with Crippen molar-refractivity contribution in [2.75, 3.05) is 13.1 Å². The molecule has 1 unspecified atom stereocenters. The largest absolute Gasteiger partial charge is 0.481 e. The van der Waals surface area contributed by atoms with Crippen molar-refractivity contribution in [3.63, 3.8) is 0 Å². The Morgan fingerprint density at radius 2 is 1.46 bits per heavy atom. The van der Waals surface area contributed by atoms with Crippen molar-refractivity contribution in [1.29, 1.82) is 0 Å². The molecular weight excluding hydrogens is 350 g/mol. The molecule has 0 saturated heterocycles. The number of carboxylic acid groups (broad SMARTS) is 3. The smallest absolute Gasteiger partial charge is 0.326 e. The first-order valence-electron chi connectivity index (χ1n) is 8.00. The van der Waals surface area contributed by atoms with Crippen molar-refractivity contribution in [3.8, 4) is 0 Å². The molecule has 26 heavy (non-hydrogen) atoms. The zero-order valence-corrected chi connectivity index (χ0v) is 15.3. The average molecular weight is 379 g/mol. The van der Waals surface area contributed by atoms with Gasteiger partial charge in [0.05, 0.1) is 0 Å². The minimum atomic E-state index is -1.23. The summed E-state index contributed by atoms with van der Waals surface area (Å²) in [5, 5.41) is 28.9. The van der Waals surface area contributed by atoms with E-state index in [4.69, 9.17) is 25.8 Å². The van der Waals surface area contributed by atoms with Gasteiger partial charge < -0.3 is 31.7 Å². The Morgan fingerprint density at radius 3 is 1.85 bits per heavy atom. The van der Waals surface area contributed by atoms with Crippen molar-refractivity contribution in [2.45, 2.75) is 52.5 Å². The van der Waals surface area contributed by atoms with Gasteiger partial charge in [-0.2, -0.15) is 0 Å². The van der Waals surface area contributed by atoms with E-state index >= 15 is 0 Å². The lowest BCUT2D eigenvalue weighted by Crippen LogP contribution is -2.43. The van der Waals surface area contributed by atoms with Crippen LogP contribution in [0.2, 0.25) is 0 Å². The van der Waals surface area contributed by atoms with E-state index in [1.54, 1.807) is 0 Å². The van der Waals surface area contributed by atoms with Gasteiger partial charge in [0.25, 0.3) is 5.97 Å². The quantitative estimate of drug-likeness (QED) is 0.212. The Kier molecular flexibility index (Phi) is 20.2. The highest BCUT2D eigenvalue weighted by Crippen LogP contribution is 2.01. The first-order valence-corrected chi connectivity index (χ1v) is 8.00. The van der Waals surface area contributed by atoms with Crippen LogP contribution in [0.5, 0.6) is 0 Å². The number of amides is 2. The molecule has 0 saturated carbocycles. The summed E-state index contributed by atoms with van der Waals surface area (Å²) < 4.78 is 0. The minimum Gasteiger partial charge on any atom is -0.481 e. The molecular formula is C15H29N3O8. The van der Waals surface area contributed by atoms with Crippen LogP contribution in [-0.4, -0.2) is 64.2 Å². The van der Waals surface area contributed by atoms with Gasteiger partial charge in [0.15, 0.2) is 0 Å². The van der Waals surface area contributed by atoms with Gasteiger partial charge in [0, 0.05) is 6.92 Å². The summed E-state index contributed by atoms with van der Waals surface area (Å²) in [5.41, 5.74) is 5.28. The van der Waals surface area contributed by atoms with Crippen LogP contribution in [0, 0.1) is 0 Å². The molecule has 0 spiro atoms. The molecule has 0 aromatic heterocycles. The lowest BCUT2D eigenvalue weighted by Gasteiger charge is -2.14. The summed E-state index contributed by atoms with van der Waals surface area (Å²) in [4.78, 5) is 52.7. The third-order valence-electron chi connectivity index (χ3n) is 2.34. The molecule has 0 aromatic carbocycles. The van der Waals surface area contributed by atoms with Crippen molar-refractivity contribution in [2.24, 2.45) is 5.73 Å². The van der Waals surface area contributed by atoms with Gasteiger partial charge in [-0.1, -0.05) is 13.8 Å². The van der Waals surface area contributed by atoms with E-state index in [9.17, 15) is 19.2 Å². The van der Waals surface area contributed by atoms with Gasteiger partial charge in [-0.3, -0.25) is 19.2 Å². The maximum atomic E-state index is 11.4. The molecule has 0 aliphatic heterocycles. The second kappa shape index (κ2) is 18.6. The van der Waals surface area contributed by atoms with Crippen LogP contribution in [0.3, 0.4) is 0 Å². The van der Waals surface area contributed by atoms with E-state index in [-0.39, 0.29) is 6.42 Å². The molecule has 0 heterocycles. The van der Waals surface area contributed by atoms with Crippen LogP contribution in [0.15, 0.2) is 0 Å². The van der Waals surface area contributed by atoms with Gasteiger partial charge in [0.2, 0.25) is 11.8 Å². The molecule has 1 atom stereocenters. The molecule has 0 bridgehead atoms. The molecule has 11 nitrogen and oxygen atoms in total. The lowest BCUT2D eigenvalue weighted by molar-refractivity contribution is -0.143. The van der Waals surface area contributed by atoms with Crippen LogP contribution in [0.25, 0.3) is 0 Å². The minimum absolute atomic E-state index is 0.217. The number of carboxylic acids is 3. The highest BCUT2D eigenvalue weighted by atomic mass is 16.4. The van der Waals surface area contributed by atoms with E-state index in [0.29, 0.717) is 19.4 Å². The number of carbonyl (C=O) groups is 5. The third kappa shape index (κ3) is 23.6. The number of hydrogen-bond acceptors (Lipinski definition) is 6. The van der Waals surface area contributed by atoms with E-state index in [1.165, 1.54) is 0 Å². The Hall–Kier alpha value is -2.69. The number of aliphatic carboxylic acids is 3. The predicted octanol–water partition coefficient (Wildman–Crippen LogP) is -0.607. The van der Waals surface area contributed by atoms with Crippen molar-refractivity contribution < 1.29 is 39.3 Å². The summed E-state index contributed by atoms with van der Waals surface area (Å²) >= 11 is 0. The molecule has 0 aliphatic carbocycles. The Bertz CT molecular complexity index is 450. The second-order valence-electron chi connectivity index (χ2n) is 4.61. The number of hydrogen-bond donors (Lipinski definition) is 6. The second-order valence-corrected chi connectivity index (χ2v) is 4.61. The molecule has 0 rings (SSSR count). The number of nitrogens with one attached hydrogen (secondary N) is 2. The molecule has 0 aromatic rings. The van der Waals surface area contributed by atoms with Gasteiger partial charge >= 0.3 is 11.9 Å². The number of carbonyl (C=O) groups excluding carboxylic acids is 2. The van der Waals surface area contributed by atoms with E-state index < -0.39 is 48.7 Å². The SMILES string of the molecule is CC.CC(=O)O.NCCCCC(NC(=O)CC(=O)NCC(=O)O)C(=O)O. The van der Waals surface area contributed by atoms with Crippen LogP contribution >= 0.6 is 0 Å². The Balaban J connectivity index is -0.000000769. The van der Waals surface area contributed by atoms with Gasteiger partial charge in [-0.05, 0) is 25.8 Å². The molecule has 2 amide bonds. The van der Waals surface area contributed by atoms with Gasteiger partial charge in [0.1, 0.15) is 19.0 Å². The van der Waals surface area contributed by atoms with E-state index in [0.717, 1.165) is 6.92 Å².